The van der Waals surface area contributed by atoms with Gasteiger partial charge in [0.05, 0.1) is 23.5 Å². The number of anilines is 1. The van der Waals surface area contributed by atoms with E-state index < -0.39 is 21.9 Å². The third-order valence-electron chi connectivity index (χ3n) is 5.12. The fourth-order valence-electron chi connectivity index (χ4n) is 3.37. The number of amides is 1. The van der Waals surface area contributed by atoms with Gasteiger partial charge in [0, 0.05) is 23.8 Å². The molecule has 0 spiro atoms. The summed E-state index contributed by atoms with van der Waals surface area (Å²) in [6, 6.07) is 10.9. The molecule has 1 atom stereocenters. The average Bonchev–Trinajstić information content (AvgIpc) is 2.75. The fourth-order valence-corrected chi connectivity index (χ4v) is 5.02. The first-order valence-electron chi connectivity index (χ1n) is 9.48. The SMILES string of the molecule is COC(=O)c1ccc(C)c(NC(=O)C2CCCN(S(=O)(=O)c3ccc(Cl)cc3)C2)c1. The highest BCUT2D eigenvalue weighted by Gasteiger charge is 2.33. The van der Waals surface area contributed by atoms with Crippen molar-refractivity contribution in [2.24, 2.45) is 5.92 Å². The Hall–Kier alpha value is -2.42. The number of methoxy groups -OCH3 is 1. The van der Waals surface area contributed by atoms with Crippen molar-refractivity contribution in [1.29, 1.82) is 0 Å². The number of halogens is 1. The molecule has 1 amide bonds. The molecule has 1 heterocycles. The summed E-state index contributed by atoms with van der Waals surface area (Å²) in [5, 5.41) is 3.29. The number of carbonyl (C=O) groups excluding carboxylic acids is 2. The number of hydrogen-bond acceptors (Lipinski definition) is 5. The Kier molecular flexibility index (Phi) is 6.80. The van der Waals surface area contributed by atoms with Crippen LogP contribution in [-0.4, -0.2) is 44.8 Å². The molecule has 1 unspecified atom stereocenters. The van der Waals surface area contributed by atoms with E-state index in [-0.39, 0.29) is 17.3 Å². The van der Waals surface area contributed by atoms with Crippen LogP contribution in [-0.2, 0) is 19.6 Å². The van der Waals surface area contributed by atoms with Gasteiger partial charge in [0.1, 0.15) is 0 Å². The number of hydrogen-bond donors (Lipinski definition) is 1. The van der Waals surface area contributed by atoms with E-state index in [2.05, 4.69) is 5.32 Å². The van der Waals surface area contributed by atoms with E-state index in [1.165, 1.54) is 35.7 Å². The summed E-state index contributed by atoms with van der Waals surface area (Å²) in [5.41, 5.74) is 1.62. The highest BCUT2D eigenvalue weighted by molar-refractivity contribution is 7.89. The Labute approximate surface area is 181 Å². The van der Waals surface area contributed by atoms with Crippen LogP contribution in [0.5, 0.6) is 0 Å². The molecule has 9 heteroatoms. The molecule has 0 aliphatic carbocycles. The van der Waals surface area contributed by atoms with Crippen LogP contribution in [0.2, 0.25) is 5.02 Å². The smallest absolute Gasteiger partial charge is 0.337 e. The molecule has 160 valence electrons. The highest BCUT2D eigenvalue weighted by Crippen LogP contribution is 2.26. The van der Waals surface area contributed by atoms with Crippen molar-refractivity contribution in [2.45, 2.75) is 24.7 Å². The van der Waals surface area contributed by atoms with Gasteiger partial charge in [0.15, 0.2) is 0 Å². The Morgan fingerprint density at radius 1 is 1.17 bits per heavy atom. The van der Waals surface area contributed by atoms with Crippen LogP contribution < -0.4 is 5.32 Å². The maximum atomic E-state index is 12.9. The van der Waals surface area contributed by atoms with Crippen LogP contribution in [0.1, 0.15) is 28.8 Å². The molecular weight excluding hydrogens is 428 g/mol. The summed E-state index contributed by atoms with van der Waals surface area (Å²) in [5.74, 6) is -1.28. The summed E-state index contributed by atoms with van der Waals surface area (Å²) >= 11 is 5.85. The molecular formula is C21H23ClN2O5S. The molecule has 1 N–H and O–H groups in total. The van der Waals surface area contributed by atoms with Crippen LogP contribution >= 0.6 is 11.6 Å². The predicted molar refractivity (Wildman–Crippen MR) is 114 cm³/mol. The minimum Gasteiger partial charge on any atom is -0.465 e. The molecule has 1 aliphatic rings. The quantitative estimate of drug-likeness (QED) is 0.704. The van der Waals surface area contributed by atoms with E-state index in [0.29, 0.717) is 35.7 Å². The summed E-state index contributed by atoms with van der Waals surface area (Å²) < 4.78 is 31.9. The summed E-state index contributed by atoms with van der Waals surface area (Å²) in [7, 11) is -2.42. The molecule has 0 radical (unpaired) electrons. The van der Waals surface area contributed by atoms with E-state index in [0.717, 1.165) is 5.56 Å². The summed E-state index contributed by atoms with van der Waals surface area (Å²) in [6.07, 6.45) is 1.15. The summed E-state index contributed by atoms with van der Waals surface area (Å²) in [4.78, 5) is 24.8. The van der Waals surface area contributed by atoms with E-state index in [1.807, 2.05) is 6.92 Å². The number of esters is 1. The lowest BCUT2D eigenvalue weighted by Gasteiger charge is -2.31. The first-order valence-corrected chi connectivity index (χ1v) is 11.3. The van der Waals surface area contributed by atoms with Crippen LogP contribution in [0.3, 0.4) is 0 Å². The van der Waals surface area contributed by atoms with Gasteiger partial charge in [-0.25, -0.2) is 13.2 Å². The largest absolute Gasteiger partial charge is 0.465 e. The monoisotopic (exact) mass is 450 g/mol. The average molecular weight is 451 g/mol. The highest BCUT2D eigenvalue weighted by atomic mass is 35.5. The molecule has 1 saturated heterocycles. The molecule has 0 aromatic heterocycles. The molecule has 0 saturated carbocycles. The topological polar surface area (TPSA) is 92.8 Å². The van der Waals surface area contributed by atoms with Gasteiger partial charge in [-0.1, -0.05) is 17.7 Å². The predicted octanol–water partition coefficient (Wildman–Crippen LogP) is 3.47. The number of carbonyl (C=O) groups is 2. The lowest BCUT2D eigenvalue weighted by molar-refractivity contribution is -0.120. The number of ether oxygens (including phenoxy) is 1. The van der Waals surface area contributed by atoms with Crippen molar-refractivity contribution >= 4 is 39.2 Å². The second kappa shape index (κ2) is 9.16. The zero-order valence-corrected chi connectivity index (χ0v) is 18.3. The third-order valence-corrected chi connectivity index (χ3v) is 7.25. The second-order valence-electron chi connectivity index (χ2n) is 7.17. The maximum Gasteiger partial charge on any atom is 0.337 e. The second-order valence-corrected chi connectivity index (χ2v) is 9.54. The Morgan fingerprint density at radius 2 is 1.87 bits per heavy atom. The van der Waals surface area contributed by atoms with Gasteiger partial charge in [0.2, 0.25) is 15.9 Å². The fraction of sp³-hybridized carbons (Fsp3) is 0.333. The van der Waals surface area contributed by atoms with Crippen molar-refractivity contribution in [1.82, 2.24) is 4.31 Å². The van der Waals surface area contributed by atoms with Crippen LogP contribution in [0.15, 0.2) is 47.4 Å². The lowest BCUT2D eigenvalue weighted by atomic mass is 9.98. The number of rotatable bonds is 5. The zero-order chi connectivity index (χ0) is 21.9. The van der Waals surface area contributed by atoms with Gasteiger partial charge in [-0.3, -0.25) is 4.79 Å². The van der Waals surface area contributed by atoms with Crippen molar-refractivity contribution in [2.75, 3.05) is 25.5 Å². The van der Waals surface area contributed by atoms with Gasteiger partial charge in [-0.2, -0.15) is 4.31 Å². The van der Waals surface area contributed by atoms with E-state index in [1.54, 1.807) is 18.2 Å². The van der Waals surface area contributed by atoms with Gasteiger partial charge < -0.3 is 10.1 Å². The number of aryl methyl sites for hydroxylation is 1. The van der Waals surface area contributed by atoms with E-state index in [4.69, 9.17) is 16.3 Å². The van der Waals surface area contributed by atoms with Crippen LogP contribution in [0, 0.1) is 12.8 Å². The minimum atomic E-state index is -3.71. The van der Waals surface area contributed by atoms with E-state index >= 15 is 0 Å². The van der Waals surface area contributed by atoms with Crippen molar-refractivity contribution in [3.63, 3.8) is 0 Å². The number of nitrogens with zero attached hydrogens (tertiary/aromatic N) is 1. The number of piperidine rings is 1. The molecule has 30 heavy (non-hydrogen) atoms. The van der Waals surface area contributed by atoms with E-state index in [9.17, 15) is 18.0 Å². The first kappa shape index (κ1) is 22.3. The van der Waals surface area contributed by atoms with Gasteiger partial charge in [-0.05, 0) is 61.7 Å². The molecule has 2 aromatic carbocycles. The number of sulfonamides is 1. The Bertz CT molecular complexity index is 1050. The molecule has 3 rings (SSSR count). The first-order chi connectivity index (χ1) is 14.2. The molecule has 2 aromatic rings. The molecule has 7 nitrogen and oxygen atoms in total. The molecule has 1 fully saturated rings. The minimum absolute atomic E-state index is 0.0898. The van der Waals surface area contributed by atoms with Gasteiger partial charge in [0.25, 0.3) is 0 Å². The Morgan fingerprint density at radius 3 is 2.53 bits per heavy atom. The molecule has 1 aliphatic heterocycles. The van der Waals surface area contributed by atoms with Gasteiger partial charge >= 0.3 is 5.97 Å². The maximum absolute atomic E-state index is 12.9. The van der Waals surface area contributed by atoms with Gasteiger partial charge in [-0.15, -0.1) is 0 Å². The lowest BCUT2D eigenvalue weighted by Crippen LogP contribution is -2.43. The Balaban J connectivity index is 1.75. The van der Waals surface area contributed by atoms with Crippen molar-refractivity contribution < 1.29 is 22.7 Å². The normalized spacial score (nSPS) is 17.4. The standard InChI is InChI=1S/C21H23ClN2O5S/c1-14-5-6-15(21(26)29-2)12-19(14)23-20(25)16-4-3-11-24(13-16)30(27,28)18-9-7-17(22)8-10-18/h5-10,12,16H,3-4,11,13H2,1-2H3,(H,23,25). The van der Waals surface area contributed by atoms with Crippen LogP contribution in [0.25, 0.3) is 0 Å². The number of benzene rings is 2. The zero-order valence-electron chi connectivity index (χ0n) is 16.7. The summed E-state index contributed by atoms with van der Waals surface area (Å²) in [6.45, 7) is 2.26. The number of nitrogens with one attached hydrogen (secondary N) is 1. The van der Waals surface area contributed by atoms with Crippen molar-refractivity contribution in [3.8, 4) is 0 Å². The van der Waals surface area contributed by atoms with Crippen LogP contribution in [0.4, 0.5) is 5.69 Å². The van der Waals surface area contributed by atoms with Crippen molar-refractivity contribution in [3.05, 3.63) is 58.6 Å². The molecule has 0 bridgehead atoms. The third kappa shape index (κ3) is 4.83.